The lowest BCUT2D eigenvalue weighted by atomic mass is 9.92. The van der Waals surface area contributed by atoms with Gasteiger partial charge in [-0.3, -0.25) is 10.2 Å². The Morgan fingerprint density at radius 3 is 2.06 bits per heavy atom. The van der Waals surface area contributed by atoms with Crippen molar-refractivity contribution in [3.63, 3.8) is 0 Å². The van der Waals surface area contributed by atoms with E-state index in [1.54, 1.807) is 0 Å². The number of aromatic nitrogens is 4. The van der Waals surface area contributed by atoms with Crippen molar-refractivity contribution in [2.75, 3.05) is 4.90 Å². The minimum absolute atomic E-state index is 0.0182. The van der Waals surface area contributed by atoms with Gasteiger partial charge in [-0.05, 0) is 29.7 Å². The molecule has 0 fully saturated rings. The number of hydrogen-bond donors (Lipinski definition) is 2. The predicted octanol–water partition coefficient (Wildman–Crippen LogP) is 5.77. The number of rotatable bonds is 4. The van der Waals surface area contributed by atoms with Crippen LogP contribution in [-0.2, 0) is 23.9 Å². The zero-order chi connectivity index (χ0) is 23.4. The number of H-pyrrole nitrogens is 2. The van der Waals surface area contributed by atoms with Crippen molar-refractivity contribution in [2.45, 2.75) is 65.5 Å². The number of nitrogens with zero attached hydrogens (tertiary/aromatic N) is 4. The van der Waals surface area contributed by atoms with Gasteiger partial charge in [0, 0.05) is 10.8 Å². The minimum atomic E-state index is 0.0182. The van der Waals surface area contributed by atoms with Crippen molar-refractivity contribution < 1.29 is 4.58 Å². The summed E-state index contributed by atoms with van der Waals surface area (Å²) in [5.41, 5.74) is 6.83. The normalized spacial score (nSPS) is 14.1. The molecular weight excluding hydrogens is 408 g/mol. The molecule has 6 nitrogen and oxygen atoms in total. The lowest BCUT2D eigenvalue weighted by Gasteiger charge is -2.23. The van der Waals surface area contributed by atoms with Crippen molar-refractivity contribution in [2.24, 2.45) is 0 Å². The molecule has 0 spiro atoms. The Morgan fingerprint density at radius 2 is 1.42 bits per heavy atom. The molecule has 0 saturated carbocycles. The largest absolute Gasteiger partial charge is 0.278 e. The fraction of sp³-hybridized carbons (Fsp3) is 0.370. The lowest BCUT2D eigenvalue weighted by molar-refractivity contribution is -0.453. The van der Waals surface area contributed by atoms with Crippen LogP contribution in [0.2, 0.25) is 0 Å². The number of nitrogens with one attached hydrogen (secondary N) is 2. The maximum absolute atomic E-state index is 4.57. The third-order valence-electron chi connectivity index (χ3n) is 6.24. The van der Waals surface area contributed by atoms with E-state index in [1.807, 2.05) is 0 Å². The average Bonchev–Trinajstić information content (AvgIpc) is 3.41. The van der Waals surface area contributed by atoms with Crippen LogP contribution in [0.4, 0.5) is 11.4 Å². The number of hydrogen-bond acceptors (Lipinski definition) is 3. The fourth-order valence-electron chi connectivity index (χ4n) is 4.35. The smallest absolute Gasteiger partial charge is 0.245 e. The van der Waals surface area contributed by atoms with E-state index < -0.39 is 0 Å². The van der Waals surface area contributed by atoms with Gasteiger partial charge >= 0.3 is 0 Å². The van der Waals surface area contributed by atoms with Crippen LogP contribution in [0, 0.1) is 0 Å². The van der Waals surface area contributed by atoms with E-state index >= 15 is 0 Å². The Hall–Kier alpha value is -3.41. The van der Waals surface area contributed by atoms with Gasteiger partial charge in [0.2, 0.25) is 6.34 Å². The Labute approximate surface area is 195 Å². The van der Waals surface area contributed by atoms with Crippen molar-refractivity contribution in [3.05, 3.63) is 71.3 Å². The second-order valence-corrected chi connectivity index (χ2v) is 11.1. The molecule has 3 heterocycles. The molecule has 1 aliphatic heterocycles. The molecule has 33 heavy (non-hydrogen) atoms. The third kappa shape index (κ3) is 4.06. The Kier molecular flexibility index (Phi) is 4.92. The molecule has 0 radical (unpaired) electrons. The maximum Gasteiger partial charge on any atom is 0.245 e. The highest BCUT2D eigenvalue weighted by atomic mass is 15.3. The summed E-state index contributed by atoms with van der Waals surface area (Å²) < 4.78 is 2.32. The van der Waals surface area contributed by atoms with E-state index in [4.69, 9.17) is 0 Å². The van der Waals surface area contributed by atoms with Crippen LogP contribution >= 0.6 is 0 Å². The molecule has 2 N–H and O–H groups in total. The van der Waals surface area contributed by atoms with Crippen molar-refractivity contribution in [1.29, 1.82) is 0 Å². The van der Waals surface area contributed by atoms with Gasteiger partial charge in [0.25, 0.3) is 0 Å². The number of anilines is 1. The van der Waals surface area contributed by atoms with Crippen molar-refractivity contribution in [3.8, 4) is 0 Å². The molecule has 0 bridgehead atoms. The monoisotopic (exact) mass is 441 g/mol. The molecule has 0 aliphatic carbocycles. The molecule has 6 heteroatoms. The van der Waals surface area contributed by atoms with Crippen LogP contribution in [-0.4, -0.2) is 31.3 Å². The van der Waals surface area contributed by atoms with Gasteiger partial charge in [-0.25, -0.2) is 9.48 Å². The summed E-state index contributed by atoms with van der Waals surface area (Å²) in [7, 11) is 0. The highest BCUT2D eigenvalue weighted by Gasteiger charge is 2.28. The molecule has 170 valence electrons. The molecule has 0 atom stereocenters. The first kappa shape index (κ1) is 21.4. The minimum Gasteiger partial charge on any atom is -0.278 e. The highest BCUT2D eigenvalue weighted by Crippen LogP contribution is 2.38. The first-order chi connectivity index (χ1) is 15.6. The molecule has 0 saturated heterocycles. The van der Waals surface area contributed by atoms with Crippen LogP contribution < -0.4 is 4.90 Å². The van der Waals surface area contributed by atoms with E-state index in [1.165, 1.54) is 22.1 Å². The Morgan fingerprint density at radius 1 is 0.818 bits per heavy atom. The first-order valence-corrected chi connectivity index (χ1v) is 11.6. The summed E-state index contributed by atoms with van der Waals surface area (Å²) >= 11 is 0. The number of benzene rings is 2. The zero-order valence-electron chi connectivity index (χ0n) is 20.4. The van der Waals surface area contributed by atoms with Crippen LogP contribution in [0.1, 0.15) is 64.3 Å². The summed E-state index contributed by atoms with van der Waals surface area (Å²) in [6.45, 7) is 14.6. The second kappa shape index (κ2) is 7.58. The Bertz CT molecular complexity index is 1340. The molecule has 5 rings (SSSR count). The van der Waals surface area contributed by atoms with Crippen LogP contribution in [0.3, 0.4) is 0 Å². The predicted molar refractivity (Wildman–Crippen MR) is 134 cm³/mol. The van der Waals surface area contributed by atoms with E-state index in [0.717, 1.165) is 35.9 Å². The van der Waals surface area contributed by atoms with Gasteiger partial charge in [0.15, 0.2) is 0 Å². The SMILES string of the molecule is CC(C)(C)c1cc(CN2C=[N+](Cc3cc(C(C)(C)C)n[nH]3)c3cccc4cccc2c34)[nH]n1. The highest BCUT2D eigenvalue weighted by molar-refractivity contribution is 6.06. The third-order valence-corrected chi connectivity index (χ3v) is 6.24. The first-order valence-electron chi connectivity index (χ1n) is 11.6. The summed E-state index contributed by atoms with van der Waals surface area (Å²) in [4.78, 5) is 2.32. The van der Waals surface area contributed by atoms with E-state index in [9.17, 15) is 0 Å². The van der Waals surface area contributed by atoms with Crippen molar-refractivity contribution in [1.82, 2.24) is 20.4 Å². The number of aromatic amines is 2. The van der Waals surface area contributed by atoms with Crippen molar-refractivity contribution >= 4 is 28.5 Å². The summed E-state index contributed by atoms with van der Waals surface area (Å²) in [6, 6.07) is 17.4. The van der Waals surface area contributed by atoms with Crippen LogP contribution in [0.25, 0.3) is 10.8 Å². The standard InChI is InChI=1S/C27H33N6/c1-26(2,3)23-13-19(28-30-23)15-32-17-33(16-20-14-24(31-29-20)27(4,5)6)22-12-8-10-18-9-7-11-21(32)25(18)22/h7-14,17H,15-16H2,1-6H3,(H,28,30)(H,29,31)/q+1. The van der Waals surface area contributed by atoms with Crippen LogP contribution in [0.5, 0.6) is 0 Å². The van der Waals surface area contributed by atoms with Gasteiger partial charge in [-0.2, -0.15) is 10.2 Å². The van der Waals surface area contributed by atoms with E-state index in [-0.39, 0.29) is 10.8 Å². The average molecular weight is 442 g/mol. The molecule has 2 aromatic carbocycles. The molecular formula is C27H33N6+. The molecule has 2 aromatic heterocycles. The van der Waals surface area contributed by atoms with E-state index in [2.05, 4.69) is 126 Å². The molecule has 0 amide bonds. The zero-order valence-corrected chi connectivity index (χ0v) is 20.4. The second-order valence-electron chi connectivity index (χ2n) is 11.1. The van der Waals surface area contributed by atoms with E-state index in [0.29, 0.717) is 0 Å². The summed E-state index contributed by atoms with van der Waals surface area (Å²) in [6.07, 6.45) is 2.21. The maximum atomic E-state index is 4.57. The van der Waals surface area contributed by atoms with Gasteiger partial charge in [0.1, 0.15) is 24.5 Å². The molecule has 4 aromatic rings. The molecule has 0 unspecified atom stereocenters. The summed E-state index contributed by atoms with van der Waals surface area (Å²) in [5, 5.41) is 18.2. The quantitative estimate of drug-likeness (QED) is 0.395. The topological polar surface area (TPSA) is 63.6 Å². The van der Waals surface area contributed by atoms with Gasteiger partial charge in [0.05, 0.1) is 28.2 Å². The van der Waals surface area contributed by atoms with Gasteiger partial charge < -0.3 is 0 Å². The van der Waals surface area contributed by atoms with Gasteiger partial charge in [-0.1, -0.05) is 65.8 Å². The van der Waals surface area contributed by atoms with Crippen LogP contribution in [0.15, 0.2) is 48.5 Å². The Balaban J connectivity index is 1.54. The summed E-state index contributed by atoms with van der Waals surface area (Å²) in [5.74, 6) is 0. The molecule has 1 aliphatic rings. The van der Waals surface area contributed by atoms with Gasteiger partial charge in [-0.15, -0.1) is 0 Å². The lowest BCUT2D eigenvalue weighted by Crippen LogP contribution is -2.29. The fourth-order valence-corrected chi connectivity index (χ4v) is 4.35.